The van der Waals surface area contributed by atoms with E-state index < -0.39 is 29.4 Å². The molecule has 3 fully saturated rings. The van der Waals surface area contributed by atoms with Crippen LogP contribution in [0.2, 0.25) is 0 Å². The predicted molar refractivity (Wildman–Crippen MR) is 114 cm³/mol. The van der Waals surface area contributed by atoms with Crippen LogP contribution >= 0.6 is 0 Å². The fraction of sp³-hybridized carbons (Fsp3) is 0.783. The van der Waals surface area contributed by atoms with Crippen molar-refractivity contribution in [3.05, 3.63) is 11.5 Å². The van der Waals surface area contributed by atoms with Crippen molar-refractivity contribution < 1.29 is 24.6 Å². The molecule has 2 saturated carbocycles. The van der Waals surface area contributed by atoms with Gasteiger partial charge < -0.3 is 20.8 Å². The zero-order valence-corrected chi connectivity index (χ0v) is 18.2. The number of amides is 3. The van der Waals surface area contributed by atoms with E-state index in [1.54, 1.807) is 0 Å². The van der Waals surface area contributed by atoms with Crippen LogP contribution in [0, 0.1) is 23.7 Å². The number of hydrogen-bond donors (Lipinski definition) is 3. The summed E-state index contributed by atoms with van der Waals surface area (Å²) in [5, 5.41) is 19.2. The van der Waals surface area contributed by atoms with Crippen LogP contribution in [0.25, 0.3) is 0 Å². The summed E-state index contributed by atoms with van der Waals surface area (Å²) in [7, 11) is 0. The molecule has 0 spiro atoms. The van der Waals surface area contributed by atoms with Gasteiger partial charge in [-0.3, -0.25) is 19.3 Å². The summed E-state index contributed by atoms with van der Waals surface area (Å²) in [5.41, 5.74) is 5.90. The molecule has 3 amide bonds. The summed E-state index contributed by atoms with van der Waals surface area (Å²) in [5.74, 6) is -1.53. The molecule has 2 heterocycles. The lowest BCUT2D eigenvalue weighted by molar-refractivity contribution is -0.147. The van der Waals surface area contributed by atoms with Gasteiger partial charge in [-0.1, -0.05) is 19.3 Å². The Morgan fingerprint density at radius 1 is 0.871 bits per heavy atom. The van der Waals surface area contributed by atoms with Crippen molar-refractivity contribution in [2.75, 3.05) is 19.6 Å². The van der Waals surface area contributed by atoms with Gasteiger partial charge in [0.1, 0.15) is 0 Å². The Bertz CT molecular complexity index is 734. The molecular weight excluding hydrogens is 398 g/mol. The Morgan fingerprint density at radius 2 is 1.52 bits per heavy atom. The Labute approximate surface area is 183 Å². The third kappa shape index (κ3) is 4.31. The number of carbonyl (C=O) groups excluding carboxylic acids is 3. The van der Waals surface area contributed by atoms with Gasteiger partial charge in [0.2, 0.25) is 17.4 Å². The summed E-state index contributed by atoms with van der Waals surface area (Å²) in [6, 6.07) is -0.456. The van der Waals surface area contributed by atoms with Crippen LogP contribution in [0.4, 0.5) is 0 Å². The maximum Gasteiger partial charge on any atom is 0.300 e. The van der Waals surface area contributed by atoms with E-state index >= 15 is 0 Å². The lowest BCUT2D eigenvalue weighted by atomic mass is 9.72. The third-order valence-corrected chi connectivity index (χ3v) is 8.10. The van der Waals surface area contributed by atoms with E-state index in [1.165, 1.54) is 25.7 Å². The van der Waals surface area contributed by atoms with E-state index in [4.69, 9.17) is 5.73 Å². The Hall–Kier alpha value is -2.09. The van der Waals surface area contributed by atoms with Crippen molar-refractivity contribution in [3.63, 3.8) is 0 Å². The molecule has 1 saturated heterocycles. The minimum Gasteiger partial charge on any atom is -0.500 e. The van der Waals surface area contributed by atoms with E-state index in [0.717, 1.165) is 56.1 Å². The van der Waals surface area contributed by atoms with Crippen LogP contribution in [0.15, 0.2) is 11.5 Å². The lowest BCUT2D eigenvalue weighted by Crippen LogP contribution is -2.48. The molecule has 0 aromatic rings. The summed E-state index contributed by atoms with van der Waals surface area (Å²) < 4.78 is 0. The van der Waals surface area contributed by atoms with Crippen LogP contribution in [0.1, 0.15) is 64.2 Å². The van der Waals surface area contributed by atoms with Crippen molar-refractivity contribution in [1.82, 2.24) is 9.80 Å². The molecule has 0 radical (unpaired) electrons. The molecule has 8 heteroatoms. The van der Waals surface area contributed by atoms with Gasteiger partial charge >= 0.3 is 0 Å². The molecule has 4 N–H and O–H groups in total. The van der Waals surface area contributed by atoms with Gasteiger partial charge in [0, 0.05) is 25.0 Å². The van der Waals surface area contributed by atoms with E-state index in [0.29, 0.717) is 24.7 Å². The fourth-order valence-electron chi connectivity index (χ4n) is 6.30. The van der Waals surface area contributed by atoms with E-state index in [-0.39, 0.29) is 11.8 Å². The zero-order chi connectivity index (χ0) is 22.1. The van der Waals surface area contributed by atoms with Crippen LogP contribution < -0.4 is 5.73 Å². The molecule has 4 unspecified atom stereocenters. The molecule has 0 bridgehead atoms. The molecule has 31 heavy (non-hydrogen) atoms. The SMILES string of the molecule is NCC1CCCC(C2CCN(C(=O)C3CCCC(N4C(=O)C(O)=C(O)C4=O)C3)CC2)C1. The summed E-state index contributed by atoms with van der Waals surface area (Å²) in [4.78, 5) is 40.4. The Balaban J connectivity index is 1.31. The number of carbonyl (C=O) groups is 3. The molecule has 0 aromatic carbocycles. The second-order valence-electron chi connectivity index (χ2n) is 9.89. The van der Waals surface area contributed by atoms with Crippen molar-refractivity contribution in [3.8, 4) is 0 Å². The first-order valence-corrected chi connectivity index (χ1v) is 11.9. The molecule has 4 aliphatic rings. The van der Waals surface area contributed by atoms with Crippen LogP contribution in [0.3, 0.4) is 0 Å². The highest BCUT2D eigenvalue weighted by atomic mass is 16.3. The fourth-order valence-corrected chi connectivity index (χ4v) is 6.30. The van der Waals surface area contributed by atoms with Crippen LogP contribution in [-0.2, 0) is 14.4 Å². The molecular formula is C23H35N3O5. The molecule has 172 valence electrons. The van der Waals surface area contributed by atoms with Crippen LogP contribution in [-0.4, -0.2) is 63.4 Å². The van der Waals surface area contributed by atoms with E-state index in [2.05, 4.69) is 0 Å². The third-order valence-electron chi connectivity index (χ3n) is 8.10. The average molecular weight is 434 g/mol. The maximum atomic E-state index is 13.2. The van der Waals surface area contributed by atoms with Gasteiger partial charge in [0.15, 0.2) is 0 Å². The quantitative estimate of drug-likeness (QED) is 0.584. The smallest absolute Gasteiger partial charge is 0.300 e. The lowest BCUT2D eigenvalue weighted by Gasteiger charge is -2.41. The largest absolute Gasteiger partial charge is 0.500 e. The van der Waals surface area contributed by atoms with Gasteiger partial charge in [0.05, 0.1) is 0 Å². The van der Waals surface area contributed by atoms with Crippen molar-refractivity contribution in [2.45, 2.75) is 70.3 Å². The average Bonchev–Trinajstić information content (AvgIpc) is 3.01. The highest BCUT2D eigenvalue weighted by Gasteiger charge is 2.45. The van der Waals surface area contributed by atoms with Gasteiger partial charge in [-0.25, -0.2) is 0 Å². The number of nitrogens with zero attached hydrogens (tertiary/aromatic N) is 2. The molecule has 2 aliphatic carbocycles. The van der Waals surface area contributed by atoms with Crippen molar-refractivity contribution in [2.24, 2.45) is 29.4 Å². The molecule has 2 aliphatic heterocycles. The monoisotopic (exact) mass is 433 g/mol. The minimum absolute atomic E-state index is 0.118. The van der Waals surface area contributed by atoms with E-state index in [1.807, 2.05) is 4.90 Å². The molecule has 0 aromatic heterocycles. The number of piperidine rings is 1. The second kappa shape index (κ2) is 9.18. The van der Waals surface area contributed by atoms with Gasteiger partial charge in [-0.15, -0.1) is 0 Å². The standard InChI is InChI=1S/C23H35N3O5/c24-13-14-3-1-4-16(11-14)15-7-9-25(10-8-15)21(29)17-5-2-6-18(12-17)26-22(30)19(27)20(28)23(26)31/h14-18,27-28H,1-13,24H2. The first kappa shape index (κ1) is 22.1. The van der Waals surface area contributed by atoms with Gasteiger partial charge in [0.25, 0.3) is 11.8 Å². The first-order chi connectivity index (χ1) is 14.9. The van der Waals surface area contributed by atoms with Gasteiger partial charge in [-0.2, -0.15) is 0 Å². The zero-order valence-electron chi connectivity index (χ0n) is 18.2. The Kier molecular flexibility index (Phi) is 6.55. The molecule has 8 nitrogen and oxygen atoms in total. The number of nitrogens with two attached hydrogens (primary N) is 1. The summed E-state index contributed by atoms with van der Waals surface area (Å²) in [6.45, 7) is 2.34. The normalized spacial score (nSPS) is 33.3. The molecule has 4 rings (SSSR count). The number of hydrogen-bond acceptors (Lipinski definition) is 6. The second-order valence-corrected chi connectivity index (χ2v) is 9.89. The minimum atomic E-state index is -0.889. The van der Waals surface area contributed by atoms with Crippen molar-refractivity contribution >= 4 is 17.7 Å². The number of imide groups is 1. The maximum absolute atomic E-state index is 13.2. The topological polar surface area (TPSA) is 124 Å². The highest BCUT2D eigenvalue weighted by Crippen LogP contribution is 2.39. The highest BCUT2D eigenvalue weighted by molar-refractivity contribution is 6.17. The first-order valence-electron chi connectivity index (χ1n) is 11.9. The number of aliphatic hydroxyl groups is 2. The van der Waals surface area contributed by atoms with Crippen molar-refractivity contribution in [1.29, 1.82) is 0 Å². The number of aliphatic hydroxyl groups excluding tert-OH is 2. The van der Waals surface area contributed by atoms with E-state index in [9.17, 15) is 24.6 Å². The number of rotatable bonds is 4. The Morgan fingerprint density at radius 3 is 2.16 bits per heavy atom. The predicted octanol–water partition coefficient (Wildman–Crippen LogP) is 2.25. The number of likely N-dealkylation sites (tertiary alicyclic amines) is 1. The summed E-state index contributed by atoms with van der Waals surface area (Å²) >= 11 is 0. The summed E-state index contributed by atoms with van der Waals surface area (Å²) in [6.07, 6.45) is 9.58. The van der Waals surface area contributed by atoms with Crippen LogP contribution in [0.5, 0.6) is 0 Å². The van der Waals surface area contributed by atoms with Gasteiger partial charge in [-0.05, 0) is 69.2 Å². The molecule has 4 atom stereocenters.